The van der Waals surface area contributed by atoms with Crippen LogP contribution in [0.3, 0.4) is 0 Å². The molecule has 1 amide bonds. The van der Waals surface area contributed by atoms with Crippen molar-refractivity contribution in [2.45, 2.75) is 33.2 Å². The average molecular weight is 287 g/mol. The number of nitrogens with one attached hydrogen (secondary N) is 2. The molecule has 5 nitrogen and oxygen atoms in total. The average Bonchev–Trinajstić information content (AvgIpc) is 2.86. The highest BCUT2D eigenvalue weighted by Gasteiger charge is 2.27. The SMILES string of the molecule is CCn1cc(C(=O)NCC2(C)CCNCC2)cn1.Cl. The highest BCUT2D eigenvalue weighted by molar-refractivity contribution is 5.93. The minimum Gasteiger partial charge on any atom is -0.351 e. The molecular weight excluding hydrogens is 264 g/mol. The van der Waals surface area contributed by atoms with Gasteiger partial charge in [0.15, 0.2) is 0 Å². The molecule has 2 rings (SSSR count). The standard InChI is InChI=1S/C13H22N4O.ClH/c1-3-17-9-11(8-16-17)12(18)15-10-13(2)4-6-14-7-5-13;/h8-9,14H,3-7,10H2,1-2H3,(H,15,18);1H. The minimum atomic E-state index is -0.0190. The van der Waals surface area contributed by atoms with Crippen LogP contribution in [0.25, 0.3) is 0 Å². The first-order valence-electron chi connectivity index (χ1n) is 6.64. The molecule has 2 N–H and O–H groups in total. The van der Waals surface area contributed by atoms with Gasteiger partial charge in [-0.05, 0) is 38.3 Å². The van der Waals surface area contributed by atoms with Crippen LogP contribution in [0.2, 0.25) is 0 Å². The molecule has 0 aliphatic carbocycles. The lowest BCUT2D eigenvalue weighted by Crippen LogP contribution is -2.42. The maximum Gasteiger partial charge on any atom is 0.254 e. The first kappa shape index (κ1) is 16.0. The van der Waals surface area contributed by atoms with E-state index in [2.05, 4.69) is 22.7 Å². The third-order valence-corrected chi connectivity index (χ3v) is 3.71. The van der Waals surface area contributed by atoms with Gasteiger partial charge in [-0.2, -0.15) is 5.10 Å². The third kappa shape index (κ3) is 4.21. The topological polar surface area (TPSA) is 59.0 Å². The zero-order valence-corrected chi connectivity index (χ0v) is 12.4. The number of piperidine rings is 1. The van der Waals surface area contributed by atoms with Crippen molar-refractivity contribution in [3.63, 3.8) is 0 Å². The van der Waals surface area contributed by atoms with Gasteiger partial charge < -0.3 is 10.6 Å². The number of aryl methyl sites for hydroxylation is 1. The molecule has 0 aromatic carbocycles. The van der Waals surface area contributed by atoms with Gasteiger partial charge in [-0.25, -0.2) is 0 Å². The maximum atomic E-state index is 12.0. The Morgan fingerprint density at radius 3 is 2.79 bits per heavy atom. The Morgan fingerprint density at radius 1 is 1.53 bits per heavy atom. The number of carbonyl (C=O) groups is 1. The largest absolute Gasteiger partial charge is 0.351 e. The summed E-state index contributed by atoms with van der Waals surface area (Å²) >= 11 is 0. The normalized spacial score (nSPS) is 17.6. The fraction of sp³-hybridized carbons (Fsp3) is 0.692. The van der Waals surface area contributed by atoms with Gasteiger partial charge >= 0.3 is 0 Å². The summed E-state index contributed by atoms with van der Waals surface area (Å²) < 4.78 is 1.77. The van der Waals surface area contributed by atoms with Gasteiger partial charge in [0.1, 0.15) is 0 Å². The summed E-state index contributed by atoms with van der Waals surface area (Å²) in [6, 6.07) is 0. The van der Waals surface area contributed by atoms with Crippen molar-refractivity contribution < 1.29 is 4.79 Å². The second-order valence-corrected chi connectivity index (χ2v) is 5.33. The molecule has 19 heavy (non-hydrogen) atoms. The molecule has 0 radical (unpaired) electrons. The van der Waals surface area contributed by atoms with Crippen molar-refractivity contribution in [1.29, 1.82) is 0 Å². The number of nitrogens with zero attached hydrogens (tertiary/aromatic N) is 2. The Morgan fingerprint density at radius 2 is 2.21 bits per heavy atom. The first-order valence-corrected chi connectivity index (χ1v) is 6.64. The van der Waals surface area contributed by atoms with Crippen LogP contribution in [0.4, 0.5) is 0 Å². The van der Waals surface area contributed by atoms with Crippen molar-refractivity contribution in [3.05, 3.63) is 18.0 Å². The lowest BCUT2D eigenvalue weighted by molar-refractivity contribution is 0.0922. The van der Waals surface area contributed by atoms with Gasteiger partial charge in [0.05, 0.1) is 11.8 Å². The maximum absolute atomic E-state index is 12.0. The predicted octanol–water partition coefficient (Wildman–Crippen LogP) is 1.44. The lowest BCUT2D eigenvalue weighted by Gasteiger charge is -2.34. The van der Waals surface area contributed by atoms with E-state index in [0.717, 1.165) is 39.0 Å². The van der Waals surface area contributed by atoms with Gasteiger partial charge in [-0.15, -0.1) is 12.4 Å². The van der Waals surface area contributed by atoms with Crippen molar-refractivity contribution in [1.82, 2.24) is 20.4 Å². The fourth-order valence-corrected chi connectivity index (χ4v) is 2.26. The number of hydrogen-bond acceptors (Lipinski definition) is 3. The Labute approximate surface area is 120 Å². The molecule has 0 bridgehead atoms. The minimum absolute atomic E-state index is 0. The third-order valence-electron chi connectivity index (χ3n) is 3.71. The molecule has 1 aromatic heterocycles. The van der Waals surface area contributed by atoms with E-state index in [1.165, 1.54) is 0 Å². The molecule has 6 heteroatoms. The van der Waals surface area contributed by atoms with Crippen LogP contribution >= 0.6 is 12.4 Å². The Balaban J connectivity index is 0.00000180. The van der Waals surface area contributed by atoms with Crippen LogP contribution in [0.15, 0.2) is 12.4 Å². The molecule has 108 valence electrons. The number of aromatic nitrogens is 2. The molecule has 1 aliphatic heterocycles. The summed E-state index contributed by atoms with van der Waals surface area (Å²) in [4.78, 5) is 12.0. The van der Waals surface area contributed by atoms with E-state index < -0.39 is 0 Å². The Hall–Kier alpha value is -1.07. The van der Waals surface area contributed by atoms with E-state index in [1.54, 1.807) is 17.1 Å². The van der Waals surface area contributed by atoms with Crippen molar-refractivity contribution in [2.24, 2.45) is 5.41 Å². The number of carbonyl (C=O) groups excluding carboxylic acids is 1. The van der Waals surface area contributed by atoms with E-state index in [4.69, 9.17) is 0 Å². The van der Waals surface area contributed by atoms with E-state index in [-0.39, 0.29) is 23.7 Å². The molecule has 1 fully saturated rings. The van der Waals surface area contributed by atoms with Crippen LogP contribution in [-0.4, -0.2) is 35.3 Å². The summed E-state index contributed by atoms with van der Waals surface area (Å²) in [7, 11) is 0. The summed E-state index contributed by atoms with van der Waals surface area (Å²) in [5.41, 5.74) is 0.871. The van der Waals surface area contributed by atoms with Gasteiger partial charge in [-0.3, -0.25) is 9.48 Å². The van der Waals surface area contributed by atoms with E-state index in [9.17, 15) is 4.79 Å². The smallest absolute Gasteiger partial charge is 0.254 e. The van der Waals surface area contributed by atoms with E-state index >= 15 is 0 Å². The summed E-state index contributed by atoms with van der Waals surface area (Å²) in [6.07, 6.45) is 5.65. The molecule has 1 aliphatic rings. The Kier molecular flexibility index (Phi) is 5.82. The number of hydrogen-bond donors (Lipinski definition) is 2. The Bertz CT molecular complexity index is 413. The van der Waals surface area contributed by atoms with Gasteiger partial charge in [0.2, 0.25) is 0 Å². The van der Waals surface area contributed by atoms with Crippen LogP contribution in [0.1, 0.15) is 37.0 Å². The molecule has 0 atom stereocenters. The van der Waals surface area contributed by atoms with Crippen molar-refractivity contribution >= 4 is 18.3 Å². The highest BCUT2D eigenvalue weighted by atomic mass is 35.5. The van der Waals surface area contributed by atoms with E-state index in [1.807, 2.05) is 6.92 Å². The zero-order valence-electron chi connectivity index (χ0n) is 11.6. The molecule has 1 aromatic rings. The van der Waals surface area contributed by atoms with Crippen LogP contribution in [-0.2, 0) is 6.54 Å². The monoisotopic (exact) mass is 286 g/mol. The second-order valence-electron chi connectivity index (χ2n) is 5.33. The van der Waals surface area contributed by atoms with Crippen LogP contribution < -0.4 is 10.6 Å². The number of amides is 1. The van der Waals surface area contributed by atoms with Crippen molar-refractivity contribution in [3.8, 4) is 0 Å². The summed E-state index contributed by atoms with van der Waals surface area (Å²) in [6.45, 7) is 7.86. The number of rotatable bonds is 4. The molecule has 1 saturated heterocycles. The van der Waals surface area contributed by atoms with E-state index in [0.29, 0.717) is 5.56 Å². The quantitative estimate of drug-likeness (QED) is 0.881. The first-order chi connectivity index (χ1) is 8.63. The zero-order chi connectivity index (χ0) is 13.0. The summed E-state index contributed by atoms with van der Waals surface area (Å²) in [5, 5.41) is 10.5. The molecular formula is C13H23ClN4O. The van der Waals surface area contributed by atoms with Crippen LogP contribution in [0.5, 0.6) is 0 Å². The number of halogens is 1. The highest BCUT2D eigenvalue weighted by Crippen LogP contribution is 2.26. The van der Waals surface area contributed by atoms with Gasteiger partial charge in [-0.1, -0.05) is 6.92 Å². The van der Waals surface area contributed by atoms with Gasteiger partial charge in [0, 0.05) is 19.3 Å². The second kappa shape index (κ2) is 6.91. The molecule has 0 unspecified atom stereocenters. The van der Waals surface area contributed by atoms with Crippen LogP contribution in [0, 0.1) is 5.41 Å². The predicted molar refractivity (Wildman–Crippen MR) is 77.7 cm³/mol. The molecule has 2 heterocycles. The summed E-state index contributed by atoms with van der Waals surface area (Å²) in [5.74, 6) is -0.0190. The molecule has 0 spiro atoms. The lowest BCUT2D eigenvalue weighted by atomic mass is 9.81. The van der Waals surface area contributed by atoms with Crippen molar-refractivity contribution in [2.75, 3.05) is 19.6 Å². The molecule has 0 saturated carbocycles. The van der Waals surface area contributed by atoms with Gasteiger partial charge in [0.25, 0.3) is 5.91 Å². The fourth-order valence-electron chi connectivity index (χ4n) is 2.26.